The lowest BCUT2D eigenvalue weighted by Crippen LogP contribution is -2.35. The third-order valence-corrected chi connectivity index (χ3v) is 10.3. The fourth-order valence-corrected chi connectivity index (χ4v) is 7.33. The lowest BCUT2D eigenvalue weighted by molar-refractivity contribution is 0.136. The van der Waals surface area contributed by atoms with E-state index in [4.69, 9.17) is 21.3 Å². The van der Waals surface area contributed by atoms with Crippen molar-refractivity contribution < 1.29 is 4.74 Å². The number of ether oxygens (including phenoxy) is 1. The molecule has 2 fully saturated rings. The third-order valence-electron chi connectivity index (χ3n) is 10.1. The van der Waals surface area contributed by atoms with Crippen molar-refractivity contribution in [1.82, 2.24) is 19.4 Å². The van der Waals surface area contributed by atoms with E-state index in [9.17, 15) is 4.79 Å². The zero-order valence-corrected chi connectivity index (χ0v) is 28.6. The summed E-state index contributed by atoms with van der Waals surface area (Å²) in [5.74, 6) is 2.02. The van der Waals surface area contributed by atoms with E-state index >= 15 is 0 Å². The summed E-state index contributed by atoms with van der Waals surface area (Å²) < 4.78 is 8.13. The molecule has 4 aromatic rings. The molecule has 1 unspecified atom stereocenters. The molecular formula is C40H49ClN4O2. The number of halogens is 1. The first-order chi connectivity index (χ1) is 23.0. The summed E-state index contributed by atoms with van der Waals surface area (Å²) in [7, 11) is 0. The summed E-state index contributed by atoms with van der Waals surface area (Å²) in [5.41, 5.74) is 3.03. The summed E-state index contributed by atoms with van der Waals surface area (Å²) in [6, 6.07) is 24.7. The maximum Gasteiger partial charge on any atom is 0.261 e. The van der Waals surface area contributed by atoms with Crippen molar-refractivity contribution in [1.29, 1.82) is 0 Å². The molecule has 2 aliphatic heterocycles. The second kappa shape index (κ2) is 16.6. The maximum absolute atomic E-state index is 14.0. The number of aromatic nitrogens is 2. The molecule has 2 saturated heterocycles. The molecule has 1 atom stereocenters. The standard InChI is InChI=1S/C40H49ClN4O2/c1-31(34-12-4-2-5-13-34)44-28-22-32(23-29-44)11-9-27-45-38(21-18-33-16-19-35(41)20-17-33)42-39-36(40(45)46)14-8-15-37(39)47-30-10-26-43-24-6-3-7-25-43/h2,4-5,8,12-21,31-32H,3,6-7,9-11,22-30H2,1H3. The van der Waals surface area contributed by atoms with Crippen molar-refractivity contribution >= 4 is 34.7 Å². The number of hydrogen-bond acceptors (Lipinski definition) is 5. The van der Waals surface area contributed by atoms with Crippen LogP contribution in [0.3, 0.4) is 0 Å². The van der Waals surface area contributed by atoms with Gasteiger partial charge in [-0.25, -0.2) is 4.98 Å². The normalized spacial score (nSPS) is 17.4. The van der Waals surface area contributed by atoms with Gasteiger partial charge >= 0.3 is 0 Å². The van der Waals surface area contributed by atoms with Crippen LogP contribution in [0.1, 0.15) is 81.3 Å². The van der Waals surface area contributed by atoms with Crippen LogP contribution in [0.15, 0.2) is 77.6 Å². The highest BCUT2D eigenvalue weighted by Crippen LogP contribution is 2.29. The molecule has 2 aliphatic rings. The first-order valence-electron chi connectivity index (χ1n) is 17.7. The van der Waals surface area contributed by atoms with Gasteiger partial charge in [-0.3, -0.25) is 14.3 Å². The summed E-state index contributed by atoms with van der Waals surface area (Å²) in [5, 5.41) is 1.32. The first-order valence-corrected chi connectivity index (χ1v) is 18.0. The van der Waals surface area contributed by atoms with Gasteiger partial charge in [0, 0.05) is 24.2 Å². The fraction of sp³-hybridized carbons (Fsp3) is 0.450. The predicted octanol–water partition coefficient (Wildman–Crippen LogP) is 8.73. The fourth-order valence-electron chi connectivity index (χ4n) is 7.20. The molecule has 0 amide bonds. The van der Waals surface area contributed by atoms with Crippen LogP contribution in [-0.4, -0.2) is 58.7 Å². The molecule has 3 aromatic carbocycles. The van der Waals surface area contributed by atoms with E-state index < -0.39 is 0 Å². The van der Waals surface area contributed by atoms with Crippen molar-refractivity contribution in [2.75, 3.05) is 39.3 Å². The van der Waals surface area contributed by atoms with Crippen molar-refractivity contribution in [3.05, 3.63) is 105 Å². The summed E-state index contributed by atoms with van der Waals surface area (Å²) in [6.07, 6.45) is 13.3. The molecule has 47 heavy (non-hydrogen) atoms. The molecule has 1 aromatic heterocycles. The number of nitrogens with zero attached hydrogens (tertiary/aromatic N) is 4. The summed E-state index contributed by atoms with van der Waals surface area (Å²) >= 11 is 6.13. The van der Waals surface area contributed by atoms with E-state index in [2.05, 4.69) is 47.1 Å². The monoisotopic (exact) mass is 652 g/mol. The lowest BCUT2D eigenvalue weighted by atomic mass is 9.91. The van der Waals surface area contributed by atoms with E-state index in [1.54, 1.807) is 0 Å². The first kappa shape index (κ1) is 33.5. The Morgan fingerprint density at radius 3 is 2.40 bits per heavy atom. The minimum absolute atomic E-state index is 0.00368. The van der Waals surface area contributed by atoms with E-state index in [0.29, 0.717) is 52.6 Å². The van der Waals surface area contributed by atoms with Crippen LogP contribution < -0.4 is 10.3 Å². The molecule has 248 valence electrons. The average Bonchev–Trinajstić information content (AvgIpc) is 3.12. The number of hydrogen-bond donors (Lipinski definition) is 0. The molecule has 3 heterocycles. The highest BCUT2D eigenvalue weighted by molar-refractivity contribution is 6.30. The number of likely N-dealkylation sites (tertiary alicyclic amines) is 2. The Morgan fingerprint density at radius 2 is 1.64 bits per heavy atom. The van der Waals surface area contributed by atoms with Gasteiger partial charge in [0.1, 0.15) is 17.1 Å². The van der Waals surface area contributed by atoms with Crippen LogP contribution in [0.4, 0.5) is 0 Å². The van der Waals surface area contributed by atoms with Crippen LogP contribution in [0.25, 0.3) is 23.1 Å². The number of para-hydroxylation sites is 1. The summed E-state index contributed by atoms with van der Waals surface area (Å²) in [6.45, 7) is 9.23. The van der Waals surface area contributed by atoms with E-state index in [0.717, 1.165) is 44.5 Å². The quantitative estimate of drug-likeness (QED) is 0.135. The number of piperidine rings is 2. The van der Waals surface area contributed by atoms with Gasteiger partial charge in [-0.05, 0) is 125 Å². The van der Waals surface area contributed by atoms with Gasteiger partial charge in [0.25, 0.3) is 5.56 Å². The Kier molecular flexibility index (Phi) is 11.8. The van der Waals surface area contributed by atoms with Crippen LogP contribution in [0, 0.1) is 5.92 Å². The van der Waals surface area contributed by atoms with Gasteiger partial charge in [0.15, 0.2) is 0 Å². The Hall–Kier alpha value is -3.45. The van der Waals surface area contributed by atoms with Gasteiger partial charge in [-0.15, -0.1) is 0 Å². The Labute approximate surface area is 285 Å². The van der Waals surface area contributed by atoms with Crippen molar-refractivity contribution in [3.63, 3.8) is 0 Å². The molecule has 6 nitrogen and oxygen atoms in total. The number of rotatable bonds is 13. The number of benzene rings is 3. The van der Waals surface area contributed by atoms with Gasteiger partial charge in [0.05, 0.1) is 12.0 Å². The lowest BCUT2D eigenvalue weighted by Gasteiger charge is -2.36. The van der Waals surface area contributed by atoms with Gasteiger partial charge in [0.2, 0.25) is 0 Å². The smallest absolute Gasteiger partial charge is 0.261 e. The zero-order valence-electron chi connectivity index (χ0n) is 27.8. The minimum atomic E-state index is -0.00368. The van der Waals surface area contributed by atoms with Crippen LogP contribution >= 0.6 is 11.6 Å². The van der Waals surface area contributed by atoms with E-state index in [-0.39, 0.29) is 5.56 Å². The van der Waals surface area contributed by atoms with E-state index in [1.165, 1.54) is 50.8 Å². The maximum atomic E-state index is 14.0. The Morgan fingerprint density at radius 1 is 0.872 bits per heavy atom. The molecular weight excluding hydrogens is 604 g/mol. The average molecular weight is 653 g/mol. The van der Waals surface area contributed by atoms with Gasteiger partial charge < -0.3 is 9.64 Å². The van der Waals surface area contributed by atoms with Crippen molar-refractivity contribution in [2.45, 2.75) is 70.9 Å². The van der Waals surface area contributed by atoms with Crippen molar-refractivity contribution in [2.24, 2.45) is 5.92 Å². The van der Waals surface area contributed by atoms with Gasteiger partial charge in [-0.1, -0.05) is 72.6 Å². The van der Waals surface area contributed by atoms with Crippen LogP contribution in [0.5, 0.6) is 5.75 Å². The molecule has 0 N–H and O–H groups in total. The number of fused-ring (bicyclic) bond motifs is 1. The SMILES string of the molecule is CC(c1ccccc1)N1CCC(CCCn2c(C=Cc3ccc(Cl)cc3)nc3c(OCCCN4CCCCC4)cccc3c2=O)CC1. The molecule has 7 heteroatoms. The predicted molar refractivity (Wildman–Crippen MR) is 195 cm³/mol. The van der Waals surface area contributed by atoms with Gasteiger partial charge in [-0.2, -0.15) is 0 Å². The molecule has 0 aliphatic carbocycles. The molecule has 0 bridgehead atoms. The molecule has 0 spiro atoms. The van der Waals surface area contributed by atoms with Crippen molar-refractivity contribution in [3.8, 4) is 5.75 Å². The second-order valence-electron chi connectivity index (χ2n) is 13.3. The Balaban J connectivity index is 1.14. The zero-order chi connectivity index (χ0) is 32.4. The molecule has 0 saturated carbocycles. The Bertz CT molecular complexity index is 1660. The largest absolute Gasteiger partial charge is 0.491 e. The summed E-state index contributed by atoms with van der Waals surface area (Å²) in [4.78, 5) is 24.2. The second-order valence-corrected chi connectivity index (χ2v) is 13.7. The van der Waals surface area contributed by atoms with Crippen LogP contribution in [-0.2, 0) is 6.54 Å². The highest BCUT2D eigenvalue weighted by atomic mass is 35.5. The van der Waals surface area contributed by atoms with Crippen LogP contribution in [0.2, 0.25) is 5.02 Å². The highest BCUT2D eigenvalue weighted by Gasteiger charge is 2.23. The molecule has 6 rings (SSSR count). The minimum Gasteiger partial charge on any atom is -0.491 e. The topological polar surface area (TPSA) is 50.6 Å². The van der Waals surface area contributed by atoms with E-state index in [1.807, 2.05) is 59.2 Å². The third kappa shape index (κ3) is 8.92. The molecule has 0 radical (unpaired) electrons.